The molecule has 1 heterocycles. The normalized spacial score (nSPS) is 16.4. The largest absolute Gasteiger partial charge is 0.335 e. The second-order valence-corrected chi connectivity index (χ2v) is 6.67. The number of halogens is 2. The van der Waals surface area contributed by atoms with Crippen LogP contribution in [0, 0.1) is 6.92 Å². The van der Waals surface area contributed by atoms with Crippen LogP contribution in [0.2, 0.25) is 5.02 Å². The fraction of sp³-hybridized carbons (Fsp3) is 0.0556. The number of nitrogens with zero attached hydrogens (tertiary/aromatic N) is 1. The SMILES string of the molecule is Cc1cc(N2C(=O)NC(=O)C(=Cc3ccccc3Cl)C2=O)ccc1Br. The summed E-state index contributed by atoms with van der Waals surface area (Å²) in [6.07, 6.45) is 1.38. The standard InChI is InChI=1S/C18H12BrClN2O3/c1-10-8-12(6-7-14(10)19)22-17(24)13(16(23)21-18(22)25)9-11-4-2-3-5-15(11)20/h2-9H,1H3,(H,21,23,25). The third-order valence-corrected chi connectivity index (χ3v) is 4.94. The maximum atomic E-state index is 12.8. The van der Waals surface area contributed by atoms with Crippen LogP contribution in [-0.4, -0.2) is 17.8 Å². The van der Waals surface area contributed by atoms with Gasteiger partial charge in [-0.2, -0.15) is 0 Å². The zero-order valence-electron chi connectivity index (χ0n) is 13.0. The first kappa shape index (κ1) is 17.4. The zero-order chi connectivity index (χ0) is 18.1. The first-order valence-electron chi connectivity index (χ1n) is 7.30. The summed E-state index contributed by atoms with van der Waals surface area (Å²) in [4.78, 5) is 38.0. The number of rotatable bonds is 2. The number of carbonyl (C=O) groups is 3. The van der Waals surface area contributed by atoms with Crippen molar-refractivity contribution in [2.45, 2.75) is 6.92 Å². The maximum absolute atomic E-state index is 12.8. The van der Waals surface area contributed by atoms with Crippen LogP contribution in [0.25, 0.3) is 6.08 Å². The molecule has 1 saturated heterocycles. The van der Waals surface area contributed by atoms with Crippen molar-refractivity contribution in [2.24, 2.45) is 0 Å². The molecule has 2 aromatic carbocycles. The summed E-state index contributed by atoms with van der Waals surface area (Å²) in [5.74, 6) is -1.45. The van der Waals surface area contributed by atoms with Crippen molar-refractivity contribution in [3.8, 4) is 0 Å². The average Bonchev–Trinajstić information content (AvgIpc) is 2.56. The highest BCUT2D eigenvalue weighted by Crippen LogP contribution is 2.27. The van der Waals surface area contributed by atoms with E-state index in [1.54, 1.807) is 42.5 Å². The first-order chi connectivity index (χ1) is 11.9. The van der Waals surface area contributed by atoms with E-state index in [1.165, 1.54) is 6.08 Å². The number of urea groups is 1. The number of anilines is 1. The Balaban J connectivity index is 2.05. The summed E-state index contributed by atoms with van der Waals surface area (Å²) < 4.78 is 0.851. The summed E-state index contributed by atoms with van der Waals surface area (Å²) in [5.41, 5.74) is 1.59. The van der Waals surface area contributed by atoms with Gasteiger partial charge in [0.1, 0.15) is 5.57 Å². The molecule has 2 aromatic rings. The van der Waals surface area contributed by atoms with E-state index in [-0.39, 0.29) is 5.57 Å². The average molecular weight is 420 g/mol. The minimum absolute atomic E-state index is 0.159. The molecule has 4 amide bonds. The van der Waals surface area contributed by atoms with Crippen molar-refractivity contribution in [3.05, 3.63) is 68.7 Å². The fourth-order valence-electron chi connectivity index (χ4n) is 2.41. The van der Waals surface area contributed by atoms with Crippen LogP contribution in [-0.2, 0) is 9.59 Å². The summed E-state index contributed by atoms with van der Waals surface area (Å²) in [7, 11) is 0. The Morgan fingerprint density at radius 3 is 2.52 bits per heavy atom. The molecule has 7 heteroatoms. The molecule has 1 N–H and O–H groups in total. The number of carbonyl (C=O) groups excluding carboxylic acids is 3. The molecule has 0 radical (unpaired) electrons. The molecule has 126 valence electrons. The van der Waals surface area contributed by atoms with Gasteiger partial charge in [-0.05, 0) is 48.4 Å². The second-order valence-electron chi connectivity index (χ2n) is 5.41. The molecule has 0 unspecified atom stereocenters. The topological polar surface area (TPSA) is 66.5 Å². The number of hydrogen-bond acceptors (Lipinski definition) is 3. The van der Waals surface area contributed by atoms with E-state index in [0.717, 1.165) is 14.9 Å². The Morgan fingerprint density at radius 2 is 1.84 bits per heavy atom. The molecule has 0 aromatic heterocycles. The first-order valence-corrected chi connectivity index (χ1v) is 8.47. The van der Waals surface area contributed by atoms with Crippen LogP contribution in [0.3, 0.4) is 0 Å². The Hall–Kier alpha value is -2.44. The van der Waals surface area contributed by atoms with Crippen LogP contribution in [0.4, 0.5) is 10.5 Å². The molecule has 25 heavy (non-hydrogen) atoms. The summed E-state index contributed by atoms with van der Waals surface area (Å²) in [6, 6.07) is 11.1. The smallest absolute Gasteiger partial charge is 0.273 e. The summed E-state index contributed by atoms with van der Waals surface area (Å²) >= 11 is 9.46. The van der Waals surface area contributed by atoms with Crippen LogP contribution < -0.4 is 10.2 Å². The van der Waals surface area contributed by atoms with Crippen molar-refractivity contribution in [1.82, 2.24) is 5.32 Å². The van der Waals surface area contributed by atoms with E-state index in [9.17, 15) is 14.4 Å². The van der Waals surface area contributed by atoms with Gasteiger partial charge in [0.05, 0.1) is 5.69 Å². The number of amides is 4. The minimum Gasteiger partial charge on any atom is -0.273 e. The zero-order valence-corrected chi connectivity index (χ0v) is 15.4. The van der Waals surface area contributed by atoms with Gasteiger partial charge in [-0.25, -0.2) is 9.69 Å². The van der Waals surface area contributed by atoms with Gasteiger partial charge in [0.2, 0.25) is 0 Å². The van der Waals surface area contributed by atoms with Crippen LogP contribution >= 0.6 is 27.5 Å². The molecule has 0 atom stereocenters. The van der Waals surface area contributed by atoms with Gasteiger partial charge in [0, 0.05) is 9.50 Å². The van der Waals surface area contributed by atoms with E-state index in [1.807, 2.05) is 6.92 Å². The number of barbiturate groups is 1. The molecule has 0 aliphatic carbocycles. The van der Waals surface area contributed by atoms with Gasteiger partial charge >= 0.3 is 6.03 Å². The summed E-state index contributed by atoms with van der Waals surface area (Å²) in [5, 5.41) is 2.59. The number of hydrogen-bond donors (Lipinski definition) is 1. The minimum atomic E-state index is -0.784. The Labute approximate surface area is 157 Å². The van der Waals surface area contributed by atoms with E-state index in [2.05, 4.69) is 21.2 Å². The van der Waals surface area contributed by atoms with Crippen molar-refractivity contribution in [2.75, 3.05) is 4.90 Å². The molecular formula is C18H12BrClN2O3. The van der Waals surface area contributed by atoms with Crippen molar-refractivity contribution < 1.29 is 14.4 Å². The highest BCUT2D eigenvalue weighted by atomic mass is 79.9. The van der Waals surface area contributed by atoms with Gasteiger partial charge in [0.25, 0.3) is 11.8 Å². The third-order valence-electron chi connectivity index (χ3n) is 3.71. The number of imide groups is 2. The van der Waals surface area contributed by atoms with Crippen LogP contribution in [0.5, 0.6) is 0 Å². The van der Waals surface area contributed by atoms with Crippen molar-refractivity contribution >= 4 is 57.1 Å². The van der Waals surface area contributed by atoms with Crippen molar-refractivity contribution in [1.29, 1.82) is 0 Å². The van der Waals surface area contributed by atoms with E-state index >= 15 is 0 Å². The molecule has 0 saturated carbocycles. The van der Waals surface area contributed by atoms with E-state index < -0.39 is 17.8 Å². The summed E-state index contributed by atoms with van der Waals surface area (Å²) in [6.45, 7) is 1.84. The monoisotopic (exact) mass is 418 g/mol. The lowest BCUT2D eigenvalue weighted by Crippen LogP contribution is -2.54. The maximum Gasteiger partial charge on any atom is 0.335 e. The Bertz CT molecular complexity index is 940. The molecule has 1 aliphatic rings. The van der Waals surface area contributed by atoms with Crippen molar-refractivity contribution in [3.63, 3.8) is 0 Å². The fourth-order valence-corrected chi connectivity index (χ4v) is 2.84. The van der Waals surface area contributed by atoms with Gasteiger partial charge < -0.3 is 0 Å². The van der Waals surface area contributed by atoms with Crippen LogP contribution in [0.15, 0.2) is 52.5 Å². The lowest BCUT2D eigenvalue weighted by molar-refractivity contribution is -0.122. The molecule has 1 aliphatic heterocycles. The van der Waals surface area contributed by atoms with E-state index in [4.69, 9.17) is 11.6 Å². The Kier molecular flexibility index (Phi) is 4.74. The highest BCUT2D eigenvalue weighted by Gasteiger charge is 2.37. The lowest BCUT2D eigenvalue weighted by atomic mass is 10.1. The molecular weight excluding hydrogens is 408 g/mol. The lowest BCUT2D eigenvalue weighted by Gasteiger charge is -2.26. The van der Waals surface area contributed by atoms with Gasteiger partial charge in [-0.1, -0.05) is 45.7 Å². The van der Waals surface area contributed by atoms with Gasteiger partial charge in [-0.3, -0.25) is 14.9 Å². The second kappa shape index (κ2) is 6.82. The number of aryl methyl sites for hydroxylation is 1. The molecule has 0 spiro atoms. The van der Waals surface area contributed by atoms with Gasteiger partial charge in [-0.15, -0.1) is 0 Å². The van der Waals surface area contributed by atoms with Gasteiger partial charge in [0.15, 0.2) is 0 Å². The predicted molar refractivity (Wildman–Crippen MR) is 99.3 cm³/mol. The molecule has 0 bridgehead atoms. The molecule has 1 fully saturated rings. The number of benzene rings is 2. The molecule has 3 rings (SSSR count). The third kappa shape index (κ3) is 3.36. The molecule has 5 nitrogen and oxygen atoms in total. The van der Waals surface area contributed by atoms with Crippen LogP contribution in [0.1, 0.15) is 11.1 Å². The Morgan fingerprint density at radius 1 is 1.12 bits per heavy atom. The predicted octanol–water partition coefficient (Wildman–Crippen LogP) is 4.08. The number of nitrogens with one attached hydrogen (secondary N) is 1. The highest BCUT2D eigenvalue weighted by molar-refractivity contribution is 9.10. The quantitative estimate of drug-likeness (QED) is 0.589. The van der Waals surface area contributed by atoms with E-state index in [0.29, 0.717) is 16.3 Å².